The van der Waals surface area contributed by atoms with Crippen LogP contribution in [0.1, 0.15) is 22.8 Å². The molecule has 0 aliphatic carbocycles. The quantitative estimate of drug-likeness (QED) is 0.223. The lowest BCUT2D eigenvalue weighted by Crippen LogP contribution is -2.15. The lowest BCUT2D eigenvalue weighted by molar-refractivity contribution is 0.102. The Kier molecular flexibility index (Phi) is 7.40. The molecule has 216 valence electrons. The number of hydrogen-bond acceptors (Lipinski definition) is 8. The Morgan fingerprint density at radius 1 is 0.953 bits per heavy atom. The van der Waals surface area contributed by atoms with Gasteiger partial charge in [0.2, 0.25) is 15.8 Å². The van der Waals surface area contributed by atoms with Crippen molar-refractivity contribution in [2.24, 2.45) is 5.14 Å². The first-order valence-corrected chi connectivity index (χ1v) is 14.8. The predicted molar refractivity (Wildman–Crippen MR) is 161 cm³/mol. The number of rotatable bonds is 9. The highest BCUT2D eigenvalue weighted by Crippen LogP contribution is 2.31. The van der Waals surface area contributed by atoms with Gasteiger partial charge in [0, 0.05) is 11.3 Å². The Bertz CT molecular complexity index is 2020. The van der Waals surface area contributed by atoms with Gasteiger partial charge in [0.05, 0.1) is 34.6 Å². The summed E-state index contributed by atoms with van der Waals surface area (Å²) in [7, 11) is -3.85. The third-order valence-corrected chi connectivity index (χ3v) is 7.74. The van der Waals surface area contributed by atoms with Crippen molar-refractivity contribution >= 4 is 32.7 Å². The second-order valence-electron chi connectivity index (χ2n) is 9.59. The molecule has 6 aromatic rings. The molecule has 13 heteroatoms. The van der Waals surface area contributed by atoms with Gasteiger partial charge in [0.15, 0.2) is 0 Å². The number of sulfonamides is 1. The molecule has 6 rings (SSSR count). The van der Waals surface area contributed by atoms with E-state index in [2.05, 4.69) is 30.9 Å². The standard InChI is InChI=1S/C30H26N8O4S/c1-2-42-30-33-26-9-5-8-25(29(39)32-21-14-16-22(17-15-21)43(31,40)41)27(26)38(30)18-19-10-12-20(13-11-19)23-6-3-4-7-24(23)28-34-36-37-35-28/h3-17H,2,18H2,1H3,(H,32,39)(H2,31,40,41)(H,34,35,36,37). The van der Waals surface area contributed by atoms with Crippen LogP contribution in [0.25, 0.3) is 33.5 Å². The van der Waals surface area contributed by atoms with Crippen LogP contribution in [0.2, 0.25) is 0 Å². The fourth-order valence-electron chi connectivity index (χ4n) is 4.84. The fraction of sp³-hybridized carbons (Fsp3) is 0.100. The lowest BCUT2D eigenvalue weighted by atomic mass is 9.98. The number of benzene rings is 4. The van der Waals surface area contributed by atoms with E-state index in [0.717, 1.165) is 22.3 Å². The van der Waals surface area contributed by atoms with Gasteiger partial charge in [-0.05, 0) is 65.2 Å². The van der Waals surface area contributed by atoms with E-state index in [1.165, 1.54) is 24.3 Å². The number of ether oxygens (including phenoxy) is 1. The molecular formula is C30H26N8O4S. The number of carbonyl (C=O) groups is 1. The summed E-state index contributed by atoms with van der Waals surface area (Å²) in [6, 6.07) is 27.2. The first-order chi connectivity index (χ1) is 20.8. The molecule has 0 aliphatic heterocycles. The van der Waals surface area contributed by atoms with Crippen molar-refractivity contribution in [1.82, 2.24) is 30.2 Å². The second-order valence-corrected chi connectivity index (χ2v) is 11.1. The summed E-state index contributed by atoms with van der Waals surface area (Å²) < 4.78 is 30.9. The molecule has 4 aromatic carbocycles. The maximum absolute atomic E-state index is 13.5. The average molecular weight is 595 g/mol. The number of nitrogens with zero attached hydrogens (tertiary/aromatic N) is 5. The Balaban J connectivity index is 1.32. The molecular weight excluding hydrogens is 568 g/mol. The number of fused-ring (bicyclic) bond motifs is 1. The summed E-state index contributed by atoms with van der Waals surface area (Å²) in [5.41, 5.74) is 5.79. The van der Waals surface area contributed by atoms with E-state index in [0.29, 0.717) is 47.3 Å². The van der Waals surface area contributed by atoms with Crippen LogP contribution in [-0.4, -0.2) is 51.1 Å². The third kappa shape index (κ3) is 5.71. The predicted octanol–water partition coefficient (Wildman–Crippen LogP) is 4.23. The molecule has 0 atom stereocenters. The average Bonchev–Trinajstić information content (AvgIpc) is 3.66. The molecule has 0 spiro atoms. The molecule has 2 heterocycles. The Labute approximate surface area is 246 Å². The lowest BCUT2D eigenvalue weighted by Gasteiger charge is -2.13. The van der Waals surface area contributed by atoms with Crippen LogP contribution in [0, 0.1) is 0 Å². The number of carbonyl (C=O) groups excluding carboxylic acids is 1. The van der Waals surface area contributed by atoms with E-state index < -0.39 is 10.0 Å². The number of imidazole rings is 1. The molecule has 0 aliphatic rings. The molecule has 0 bridgehead atoms. The number of nitrogens with one attached hydrogen (secondary N) is 2. The van der Waals surface area contributed by atoms with Crippen molar-refractivity contribution in [2.75, 3.05) is 11.9 Å². The zero-order valence-electron chi connectivity index (χ0n) is 22.9. The van der Waals surface area contributed by atoms with E-state index in [9.17, 15) is 13.2 Å². The maximum Gasteiger partial charge on any atom is 0.297 e. The molecule has 0 radical (unpaired) electrons. The molecule has 43 heavy (non-hydrogen) atoms. The van der Waals surface area contributed by atoms with Crippen LogP contribution >= 0.6 is 0 Å². The van der Waals surface area contributed by atoms with Crippen molar-refractivity contribution in [1.29, 1.82) is 0 Å². The van der Waals surface area contributed by atoms with Gasteiger partial charge in [-0.2, -0.15) is 10.2 Å². The molecule has 0 unspecified atom stereocenters. The summed E-state index contributed by atoms with van der Waals surface area (Å²) in [4.78, 5) is 18.1. The van der Waals surface area contributed by atoms with E-state index in [1.54, 1.807) is 12.1 Å². The van der Waals surface area contributed by atoms with E-state index in [4.69, 9.17) is 9.88 Å². The summed E-state index contributed by atoms with van der Waals surface area (Å²) >= 11 is 0. The Hall–Kier alpha value is -5.40. The molecule has 0 saturated heterocycles. The van der Waals surface area contributed by atoms with E-state index >= 15 is 0 Å². The van der Waals surface area contributed by atoms with E-state index in [-0.39, 0.29) is 10.8 Å². The van der Waals surface area contributed by atoms with Crippen LogP contribution in [0.5, 0.6) is 6.01 Å². The number of para-hydroxylation sites is 1. The first kappa shape index (κ1) is 27.8. The molecule has 2 aromatic heterocycles. The Morgan fingerprint density at radius 3 is 2.37 bits per heavy atom. The number of tetrazole rings is 1. The second kappa shape index (κ2) is 11.5. The monoisotopic (exact) mass is 594 g/mol. The SMILES string of the molecule is CCOc1nc2cccc(C(=O)Nc3ccc(S(N)(=O)=O)cc3)c2n1Cc1ccc(-c2ccccc2-c2nn[nH]n2)cc1. The topological polar surface area (TPSA) is 171 Å². The van der Waals surface area contributed by atoms with Gasteiger partial charge >= 0.3 is 0 Å². The molecule has 0 fully saturated rings. The highest BCUT2D eigenvalue weighted by atomic mass is 32.2. The highest BCUT2D eigenvalue weighted by Gasteiger charge is 2.20. The fourth-order valence-corrected chi connectivity index (χ4v) is 5.35. The van der Waals surface area contributed by atoms with Crippen molar-refractivity contribution < 1.29 is 17.9 Å². The molecule has 0 saturated carbocycles. The number of aromatic nitrogens is 6. The zero-order chi connectivity index (χ0) is 30.0. The van der Waals surface area contributed by atoms with Gasteiger partial charge in [-0.1, -0.05) is 54.6 Å². The number of aromatic amines is 1. The third-order valence-electron chi connectivity index (χ3n) is 6.81. The van der Waals surface area contributed by atoms with Crippen LogP contribution in [0.15, 0.2) is 95.9 Å². The van der Waals surface area contributed by atoms with Gasteiger partial charge in [-0.25, -0.2) is 13.6 Å². The summed E-state index contributed by atoms with van der Waals surface area (Å²) in [6.45, 7) is 2.66. The van der Waals surface area contributed by atoms with Gasteiger partial charge in [-0.3, -0.25) is 9.36 Å². The number of amides is 1. The zero-order valence-corrected chi connectivity index (χ0v) is 23.7. The van der Waals surface area contributed by atoms with Gasteiger partial charge in [0.25, 0.3) is 11.9 Å². The maximum atomic E-state index is 13.5. The van der Waals surface area contributed by atoms with Crippen molar-refractivity contribution in [3.63, 3.8) is 0 Å². The normalized spacial score (nSPS) is 11.5. The van der Waals surface area contributed by atoms with Crippen molar-refractivity contribution in [3.05, 3.63) is 102 Å². The minimum absolute atomic E-state index is 0.0450. The van der Waals surface area contributed by atoms with Crippen LogP contribution in [-0.2, 0) is 16.6 Å². The van der Waals surface area contributed by atoms with Crippen LogP contribution < -0.4 is 15.2 Å². The highest BCUT2D eigenvalue weighted by molar-refractivity contribution is 7.89. The smallest absolute Gasteiger partial charge is 0.297 e. The minimum atomic E-state index is -3.85. The summed E-state index contributed by atoms with van der Waals surface area (Å²) in [5.74, 6) is 0.128. The number of anilines is 1. The molecule has 12 nitrogen and oxygen atoms in total. The first-order valence-electron chi connectivity index (χ1n) is 13.3. The Morgan fingerprint density at radius 2 is 1.70 bits per heavy atom. The summed E-state index contributed by atoms with van der Waals surface area (Å²) in [5, 5.41) is 22.4. The molecule has 4 N–H and O–H groups in total. The van der Waals surface area contributed by atoms with Gasteiger partial charge in [-0.15, -0.1) is 10.2 Å². The number of hydrogen-bond donors (Lipinski definition) is 3. The van der Waals surface area contributed by atoms with Crippen LogP contribution in [0.4, 0.5) is 5.69 Å². The van der Waals surface area contributed by atoms with Gasteiger partial charge in [0.1, 0.15) is 0 Å². The largest absolute Gasteiger partial charge is 0.465 e. The minimum Gasteiger partial charge on any atom is -0.465 e. The van der Waals surface area contributed by atoms with E-state index in [1.807, 2.05) is 66.1 Å². The summed E-state index contributed by atoms with van der Waals surface area (Å²) in [6.07, 6.45) is 0. The molecule has 1 amide bonds. The number of primary sulfonamides is 1. The van der Waals surface area contributed by atoms with Crippen molar-refractivity contribution in [2.45, 2.75) is 18.4 Å². The van der Waals surface area contributed by atoms with Gasteiger partial charge < -0.3 is 10.1 Å². The number of H-pyrrole nitrogens is 1. The van der Waals surface area contributed by atoms with Crippen molar-refractivity contribution in [3.8, 4) is 28.5 Å². The number of nitrogens with two attached hydrogens (primary N) is 1. The van der Waals surface area contributed by atoms with Crippen LogP contribution in [0.3, 0.4) is 0 Å².